The molecule has 0 bridgehead atoms. The molecule has 1 aromatic rings. The molecular formula is C8H5BrF2N2. The second kappa shape index (κ2) is 3.79. The van der Waals surface area contributed by atoms with Crippen LogP contribution >= 0.6 is 15.9 Å². The number of nitrogens with zero attached hydrogens (tertiary/aromatic N) is 2. The van der Waals surface area contributed by atoms with Gasteiger partial charge in [-0.25, -0.2) is 13.8 Å². The van der Waals surface area contributed by atoms with Crippen LogP contribution in [0.3, 0.4) is 0 Å². The maximum atomic E-state index is 12.2. The van der Waals surface area contributed by atoms with Crippen LogP contribution in [0.2, 0.25) is 0 Å². The highest BCUT2D eigenvalue weighted by Gasteiger charge is 2.13. The van der Waals surface area contributed by atoms with Gasteiger partial charge in [-0.1, -0.05) is 15.9 Å². The highest BCUT2D eigenvalue weighted by atomic mass is 79.9. The lowest BCUT2D eigenvalue weighted by Crippen LogP contribution is -1.96. The molecule has 5 heteroatoms. The topological polar surface area (TPSA) is 36.7 Å². The first kappa shape index (κ1) is 10.1. The molecule has 2 nitrogen and oxygen atoms in total. The van der Waals surface area contributed by atoms with E-state index < -0.39 is 6.43 Å². The molecule has 0 N–H and O–H groups in total. The zero-order chi connectivity index (χ0) is 10.0. The summed E-state index contributed by atoms with van der Waals surface area (Å²) in [7, 11) is 0. The summed E-state index contributed by atoms with van der Waals surface area (Å²) in [5.41, 5.74) is 0.227. The van der Waals surface area contributed by atoms with Gasteiger partial charge >= 0.3 is 0 Å². The molecule has 1 heterocycles. The van der Waals surface area contributed by atoms with Crippen molar-refractivity contribution in [2.75, 3.05) is 0 Å². The van der Waals surface area contributed by atoms with Crippen LogP contribution in [0.5, 0.6) is 0 Å². The van der Waals surface area contributed by atoms with Gasteiger partial charge in [0, 0.05) is 4.47 Å². The van der Waals surface area contributed by atoms with E-state index in [1.54, 1.807) is 13.0 Å². The minimum atomic E-state index is -2.65. The largest absolute Gasteiger partial charge is 0.280 e. The third kappa shape index (κ3) is 2.01. The van der Waals surface area contributed by atoms with Crippen LogP contribution in [0, 0.1) is 18.3 Å². The van der Waals surface area contributed by atoms with Crippen molar-refractivity contribution >= 4 is 15.9 Å². The predicted molar refractivity (Wildman–Crippen MR) is 46.3 cm³/mol. The van der Waals surface area contributed by atoms with Gasteiger partial charge in [0.1, 0.15) is 17.5 Å². The normalized spacial score (nSPS) is 10.2. The molecule has 0 spiro atoms. The Balaban J connectivity index is 3.32. The van der Waals surface area contributed by atoms with E-state index in [0.29, 0.717) is 10.0 Å². The Labute approximate surface area is 82.3 Å². The first-order chi connectivity index (χ1) is 6.06. The Morgan fingerprint density at radius 1 is 1.62 bits per heavy atom. The molecule has 68 valence electrons. The summed E-state index contributed by atoms with van der Waals surface area (Å²) in [5.74, 6) is 0. The van der Waals surface area contributed by atoms with Gasteiger partial charge in [0.2, 0.25) is 0 Å². The number of pyridine rings is 1. The molecule has 1 aromatic heterocycles. The number of alkyl halides is 2. The molecule has 0 fully saturated rings. The Bertz CT molecular complexity index is 371. The van der Waals surface area contributed by atoms with Crippen molar-refractivity contribution in [1.29, 1.82) is 5.26 Å². The average molecular weight is 247 g/mol. The minimum Gasteiger partial charge on any atom is -0.236 e. The zero-order valence-electron chi connectivity index (χ0n) is 6.68. The lowest BCUT2D eigenvalue weighted by atomic mass is 10.2. The monoisotopic (exact) mass is 246 g/mol. The van der Waals surface area contributed by atoms with Crippen LogP contribution in [-0.4, -0.2) is 4.98 Å². The van der Waals surface area contributed by atoms with Gasteiger partial charge in [0.15, 0.2) is 0 Å². The molecule has 0 aliphatic heterocycles. The second-order valence-electron chi connectivity index (χ2n) is 2.42. The lowest BCUT2D eigenvalue weighted by Gasteiger charge is -2.03. The van der Waals surface area contributed by atoms with Crippen molar-refractivity contribution in [2.45, 2.75) is 13.3 Å². The molecular weight excluding hydrogens is 242 g/mol. The van der Waals surface area contributed by atoms with E-state index in [1.165, 1.54) is 6.07 Å². The molecule has 0 unspecified atom stereocenters. The van der Waals surface area contributed by atoms with Gasteiger partial charge in [-0.05, 0) is 18.6 Å². The van der Waals surface area contributed by atoms with E-state index in [2.05, 4.69) is 20.9 Å². The lowest BCUT2D eigenvalue weighted by molar-refractivity contribution is 0.146. The van der Waals surface area contributed by atoms with Crippen molar-refractivity contribution in [1.82, 2.24) is 4.98 Å². The summed E-state index contributed by atoms with van der Waals surface area (Å²) in [5, 5.41) is 8.57. The Morgan fingerprint density at radius 3 is 2.69 bits per heavy atom. The molecule has 1 rings (SSSR count). The van der Waals surface area contributed by atoms with Crippen molar-refractivity contribution in [3.63, 3.8) is 0 Å². The van der Waals surface area contributed by atoms with Gasteiger partial charge in [-0.2, -0.15) is 5.26 Å². The summed E-state index contributed by atoms with van der Waals surface area (Å²) in [4.78, 5) is 3.51. The molecule has 13 heavy (non-hydrogen) atoms. The van der Waals surface area contributed by atoms with Gasteiger partial charge in [-0.3, -0.25) is 0 Å². The predicted octanol–water partition coefficient (Wildman–Crippen LogP) is 2.96. The first-order valence-corrected chi connectivity index (χ1v) is 4.21. The molecule has 0 aliphatic carbocycles. The van der Waals surface area contributed by atoms with Crippen LogP contribution < -0.4 is 0 Å². The molecule has 0 radical (unpaired) electrons. The summed E-state index contributed by atoms with van der Waals surface area (Å²) in [6, 6.07) is 2.98. The van der Waals surface area contributed by atoms with Gasteiger partial charge in [-0.15, -0.1) is 0 Å². The van der Waals surface area contributed by atoms with E-state index in [9.17, 15) is 8.78 Å². The van der Waals surface area contributed by atoms with Crippen LogP contribution in [0.25, 0.3) is 0 Å². The maximum Gasteiger partial charge on any atom is 0.280 e. The smallest absolute Gasteiger partial charge is 0.236 e. The molecule has 0 amide bonds. The fourth-order valence-electron chi connectivity index (χ4n) is 0.817. The second-order valence-corrected chi connectivity index (χ2v) is 3.27. The van der Waals surface area contributed by atoms with E-state index >= 15 is 0 Å². The van der Waals surface area contributed by atoms with E-state index in [4.69, 9.17) is 5.26 Å². The molecule has 0 aromatic carbocycles. The van der Waals surface area contributed by atoms with E-state index in [-0.39, 0.29) is 11.4 Å². The maximum absolute atomic E-state index is 12.2. The van der Waals surface area contributed by atoms with Gasteiger partial charge in [0.25, 0.3) is 6.43 Å². The number of hydrogen-bond acceptors (Lipinski definition) is 2. The number of halogens is 3. The fourth-order valence-corrected chi connectivity index (χ4v) is 1.24. The van der Waals surface area contributed by atoms with Crippen molar-refractivity contribution < 1.29 is 8.78 Å². The first-order valence-electron chi connectivity index (χ1n) is 3.41. The number of rotatable bonds is 1. The van der Waals surface area contributed by atoms with Crippen LogP contribution in [0.15, 0.2) is 10.5 Å². The van der Waals surface area contributed by atoms with Crippen LogP contribution in [0.4, 0.5) is 8.78 Å². The molecule has 0 atom stereocenters. The summed E-state index contributed by atoms with van der Waals surface area (Å²) < 4.78 is 24.9. The Hall–Kier alpha value is -1.02. The average Bonchev–Trinajstić information content (AvgIpc) is 2.09. The summed E-state index contributed by atoms with van der Waals surface area (Å²) in [6.07, 6.45) is -2.65. The van der Waals surface area contributed by atoms with Gasteiger partial charge in [0.05, 0.1) is 0 Å². The summed E-state index contributed by atoms with van der Waals surface area (Å²) in [6.45, 7) is 1.64. The third-order valence-corrected chi connectivity index (χ3v) is 2.38. The quantitative estimate of drug-likeness (QED) is 0.764. The van der Waals surface area contributed by atoms with Crippen molar-refractivity contribution in [3.05, 3.63) is 27.5 Å². The molecule has 0 saturated carbocycles. The third-order valence-electron chi connectivity index (χ3n) is 1.56. The SMILES string of the molecule is Cc1c(Br)cc(C(F)F)nc1C#N. The number of hydrogen-bond donors (Lipinski definition) is 0. The van der Waals surface area contributed by atoms with Crippen molar-refractivity contribution in [2.24, 2.45) is 0 Å². The fraction of sp³-hybridized carbons (Fsp3) is 0.250. The van der Waals surface area contributed by atoms with Gasteiger partial charge < -0.3 is 0 Å². The highest BCUT2D eigenvalue weighted by molar-refractivity contribution is 9.10. The Kier molecular flexibility index (Phi) is 2.94. The highest BCUT2D eigenvalue weighted by Crippen LogP contribution is 2.24. The van der Waals surface area contributed by atoms with Crippen molar-refractivity contribution in [3.8, 4) is 6.07 Å². The number of aromatic nitrogens is 1. The van der Waals surface area contributed by atoms with E-state index in [0.717, 1.165) is 0 Å². The number of nitriles is 1. The van der Waals surface area contributed by atoms with Crippen LogP contribution in [-0.2, 0) is 0 Å². The van der Waals surface area contributed by atoms with Crippen LogP contribution in [0.1, 0.15) is 23.4 Å². The molecule has 0 saturated heterocycles. The summed E-state index contributed by atoms with van der Waals surface area (Å²) >= 11 is 3.08. The minimum absolute atomic E-state index is 0.0321. The Morgan fingerprint density at radius 2 is 2.23 bits per heavy atom. The zero-order valence-corrected chi connectivity index (χ0v) is 8.27. The molecule has 0 aliphatic rings. The standard InChI is InChI=1S/C8H5BrF2N2/c1-4-5(9)2-6(8(10)11)13-7(4)3-12/h2,8H,1H3. The van der Waals surface area contributed by atoms with E-state index in [1.807, 2.05) is 0 Å².